The van der Waals surface area contributed by atoms with Crippen LogP contribution >= 0.6 is 0 Å². The molecule has 4 rings (SSSR count). The molecule has 0 saturated heterocycles. The molecule has 2 saturated carbocycles. The maximum Gasteiger partial charge on any atom is 0.234 e. The van der Waals surface area contributed by atoms with E-state index in [1.54, 1.807) is 0 Å². The fourth-order valence-corrected chi connectivity index (χ4v) is 3.37. The fourth-order valence-electron chi connectivity index (χ4n) is 3.37. The van der Waals surface area contributed by atoms with E-state index in [1.807, 2.05) is 30.4 Å². The monoisotopic (exact) mass is 253 g/mol. The van der Waals surface area contributed by atoms with Crippen LogP contribution in [-0.2, 0) is 9.59 Å². The van der Waals surface area contributed by atoms with Crippen molar-refractivity contribution in [2.24, 2.45) is 23.2 Å². The molecule has 0 spiro atoms. The van der Waals surface area contributed by atoms with Gasteiger partial charge in [-0.15, -0.1) is 0 Å². The molecule has 0 aliphatic heterocycles. The molecule has 1 N–H and O–H groups in total. The van der Waals surface area contributed by atoms with E-state index >= 15 is 0 Å². The van der Waals surface area contributed by atoms with Crippen LogP contribution in [0.2, 0.25) is 0 Å². The van der Waals surface area contributed by atoms with Gasteiger partial charge in [0.2, 0.25) is 5.91 Å². The Morgan fingerprint density at radius 2 is 2.26 bits per heavy atom. The second-order valence-corrected chi connectivity index (χ2v) is 5.91. The lowest BCUT2D eigenvalue weighted by molar-refractivity contribution is -0.124. The van der Waals surface area contributed by atoms with Gasteiger partial charge >= 0.3 is 0 Å². The number of nitrogens with one attached hydrogen (secondary N) is 1. The summed E-state index contributed by atoms with van der Waals surface area (Å²) in [6.07, 6.45) is 14.6. The summed E-state index contributed by atoms with van der Waals surface area (Å²) in [6.45, 7) is 0. The van der Waals surface area contributed by atoms with Crippen molar-refractivity contribution in [3.8, 4) is 0 Å². The minimum atomic E-state index is -0.461. The van der Waals surface area contributed by atoms with Crippen molar-refractivity contribution in [2.75, 3.05) is 0 Å². The van der Waals surface area contributed by atoms with Gasteiger partial charge in [0.05, 0.1) is 5.41 Å². The Morgan fingerprint density at radius 3 is 3.11 bits per heavy atom. The minimum Gasteiger partial charge on any atom is -0.329 e. The van der Waals surface area contributed by atoms with E-state index in [-0.39, 0.29) is 11.8 Å². The lowest BCUT2D eigenvalue weighted by Gasteiger charge is -2.18. The molecule has 19 heavy (non-hydrogen) atoms. The van der Waals surface area contributed by atoms with Gasteiger partial charge in [-0.05, 0) is 30.4 Å². The first-order valence-electron chi connectivity index (χ1n) is 6.79. The Kier molecular flexibility index (Phi) is 2.06. The number of hydrogen-bond donors (Lipinski definition) is 1. The normalized spacial score (nSPS) is 40.5. The van der Waals surface area contributed by atoms with Crippen molar-refractivity contribution >= 4 is 12.2 Å². The van der Waals surface area contributed by atoms with Gasteiger partial charge < -0.3 is 5.32 Å². The summed E-state index contributed by atoms with van der Waals surface area (Å²) in [7, 11) is 0. The molecule has 3 nitrogen and oxygen atoms in total. The molecule has 0 radical (unpaired) electrons. The van der Waals surface area contributed by atoms with E-state index in [1.165, 1.54) is 0 Å². The smallest absolute Gasteiger partial charge is 0.234 e. The zero-order valence-corrected chi connectivity index (χ0v) is 10.5. The number of allylic oxidation sites excluding steroid dienone is 7. The van der Waals surface area contributed by atoms with Crippen LogP contribution in [0.4, 0.5) is 0 Å². The quantitative estimate of drug-likeness (QED) is 0.781. The molecular weight excluding hydrogens is 238 g/mol. The average molecular weight is 253 g/mol. The summed E-state index contributed by atoms with van der Waals surface area (Å²) in [4.78, 5) is 23.4. The van der Waals surface area contributed by atoms with Gasteiger partial charge in [0.1, 0.15) is 6.29 Å². The molecule has 0 heterocycles. The van der Waals surface area contributed by atoms with Crippen molar-refractivity contribution in [3.63, 3.8) is 0 Å². The number of amides is 1. The standard InChI is InChI=1S/C16H15NO2/c18-9-11-4-2-6-16(8-13(11)16)15(19)17-14-5-1-3-10-7-12(10)14/h1-6,9-10,12-13H,7-8H2,(H,17,19)/t10?,12-,13?,16?/m1/s1. The van der Waals surface area contributed by atoms with Crippen LogP contribution in [0, 0.1) is 23.2 Å². The highest BCUT2D eigenvalue weighted by atomic mass is 16.2. The van der Waals surface area contributed by atoms with E-state index in [0.717, 1.165) is 30.4 Å². The number of aldehydes is 1. The lowest BCUT2D eigenvalue weighted by Crippen LogP contribution is -2.33. The van der Waals surface area contributed by atoms with Gasteiger partial charge in [0.25, 0.3) is 0 Å². The minimum absolute atomic E-state index is 0.0494. The maximum absolute atomic E-state index is 12.5. The maximum atomic E-state index is 12.5. The van der Waals surface area contributed by atoms with Crippen molar-refractivity contribution in [1.82, 2.24) is 5.32 Å². The summed E-state index contributed by atoms with van der Waals surface area (Å²) in [6, 6.07) is 0. The van der Waals surface area contributed by atoms with Crippen LogP contribution in [0.5, 0.6) is 0 Å². The van der Waals surface area contributed by atoms with Crippen LogP contribution in [0.1, 0.15) is 12.8 Å². The van der Waals surface area contributed by atoms with E-state index in [4.69, 9.17) is 0 Å². The third-order valence-electron chi connectivity index (χ3n) is 4.78. The second kappa shape index (κ2) is 3.56. The summed E-state index contributed by atoms with van der Waals surface area (Å²) < 4.78 is 0. The van der Waals surface area contributed by atoms with Crippen LogP contribution < -0.4 is 5.32 Å². The molecule has 0 aromatic heterocycles. The Balaban J connectivity index is 1.52. The van der Waals surface area contributed by atoms with E-state index in [2.05, 4.69) is 11.4 Å². The first-order valence-corrected chi connectivity index (χ1v) is 6.79. The molecule has 2 fully saturated rings. The van der Waals surface area contributed by atoms with E-state index in [9.17, 15) is 9.59 Å². The van der Waals surface area contributed by atoms with Crippen LogP contribution in [0.25, 0.3) is 0 Å². The lowest BCUT2D eigenvalue weighted by atomic mass is 9.93. The number of rotatable bonds is 3. The van der Waals surface area contributed by atoms with Crippen LogP contribution in [-0.4, -0.2) is 12.2 Å². The van der Waals surface area contributed by atoms with Crippen LogP contribution in [0.15, 0.2) is 47.7 Å². The SMILES string of the molecule is O=CC1=CC=CC2(C(=O)NC3=CC=CC4C[C@@H]34)CC12. The molecule has 1 amide bonds. The summed E-state index contributed by atoms with van der Waals surface area (Å²) in [5.41, 5.74) is 1.34. The fraction of sp³-hybridized carbons (Fsp3) is 0.375. The molecule has 0 aromatic rings. The van der Waals surface area contributed by atoms with E-state index < -0.39 is 5.41 Å². The predicted molar refractivity (Wildman–Crippen MR) is 70.8 cm³/mol. The molecule has 3 unspecified atom stereocenters. The number of hydrogen-bond acceptors (Lipinski definition) is 2. The number of carbonyl (C=O) groups excluding carboxylic acids is 2. The molecule has 0 bridgehead atoms. The third-order valence-corrected chi connectivity index (χ3v) is 4.78. The van der Waals surface area contributed by atoms with Gasteiger partial charge in [-0.25, -0.2) is 0 Å². The second-order valence-electron chi connectivity index (χ2n) is 5.91. The van der Waals surface area contributed by atoms with Gasteiger partial charge in [0, 0.05) is 17.5 Å². The summed E-state index contributed by atoms with van der Waals surface area (Å²) in [5.74, 6) is 1.27. The Hall–Kier alpha value is -1.90. The Bertz CT molecular complexity index is 596. The number of carbonyl (C=O) groups is 2. The van der Waals surface area contributed by atoms with Crippen molar-refractivity contribution in [1.29, 1.82) is 0 Å². The molecular formula is C16H15NO2. The number of fused-ring (bicyclic) bond motifs is 2. The third kappa shape index (κ3) is 1.51. The molecule has 3 heteroatoms. The van der Waals surface area contributed by atoms with Crippen molar-refractivity contribution in [3.05, 3.63) is 47.7 Å². The molecule has 96 valence electrons. The van der Waals surface area contributed by atoms with Crippen molar-refractivity contribution < 1.29 is 9.59 Å². The average Bonchev–Trinajstić information content (AvgIpc) is 3.30. The zero-order valence-electron chi connectivity index (χ0n) is 10.5. The molecule has 4 aliphatic carbocycles. The predicted octanol–water partition coefficient (Wildman–Crippen LogP) is 1.89. The highest BCUT2D eigenvalue weighted by Crippen LogP contribution is 2.59. The highest BCUT2D eigenvalue weighted by molar-refractivity contribution is 5.94. The molecule has 4 atom stereocenters. The first-order chi connectivity index (χ1) is 9.24. The van der Waals surface area contributed by atoms with E-state index in [0.29, 0.717) is 11.8 Å². The van der Waals surface area contributed by atoms with Gasteiger partial charge in [-0.2, -0.15) is 0 Å². The largest absolute Gasteiger partial charge is 0.329 e. The van der Waals surface area contributed by atoms with Gasteiger partial charge in [0.15, 0.2) is 0 Å². The molecule has 0 aromatic carbocycles. The summed E-state index contributed by atoms with van der Waals surface area (Å²) in [5, 5.41) is 3.08. The van der Waals surface area contributed by atoms with Crippen LogP contribution in [0.3, 0.4) is 0 Å². The Labute approximate surface area is 111 Å². The molecule has 4 aliphatic rings. The zero-order chi connectivity index (χ0) is 13.0. The van der Waals surface area contributed by atoms with Crippen molar-refractivity contribution in [2.45, 2.75) is 12.8 Å². The van der Waals surface area contributed by atoms with Gasteiger partial charge in [-0.1, -0.05) is 30.4 Å². The first kappa shape index (κ1) is 11.0. The highest BCUT2D eigenvalue weighted by Gasteiger charge is 2.60. The summed E-state index contributed by atoms with van der Waals surface area (Å²) >= 11 is 0. The Morgan fingerprint density at radius 1 is 1.37 bits per heavy atom. The van der Waals surface area contributed by atoms with Gasteiger partial charge in [-0.3, -0.25) is 9.59 Å². The topological polar surface area (TPSA) is 46.2 Å².